The number of thioether (sulfide) groups is 1. The van der Waals surface area contributed by atoms with E-state index in [0.29, 0.717) is 17.8 Å². The SMILES string of the molecule is CSc1cccc(NC(=O)N2Cc3c(C)nn(-c4ccccc4)c3-n3cccc3C2c2cccc(F)c2)c1. The van der Waals surface area contributed by atoms with Gasteiger partial charge in [0.15, 0.2) is 0 Å². The minimum Gasteiger partial charge on any atom is -0.308 e. The molecule has 38 heavy (non-hydrogen) atoms. The van der Waals surface area contributed by atoms with Crippen LogP contribution < -0.4 is 5.32 Å². The number of aromatic nitrogens is 3. The number of carbonyl (C=O) groups excluding carboxylic acids is 1. The monoisotopic (exact) mass is 523 g/mol. The van der Waals surface area contributed by atoms with Crippen LogP contribution in [-0.2, 0) is 6.54 Å². The average molecular weight is 524 g/mol. The van der Waals surface area contributed by atoms with Crippen molar-refractivity contribution in [3.05, 3.63) is 126 Å². The molecule has 1 N–H and O–H groups in total. The van der Waals surface area contributed by atoms with Gasteiger partial charge in [0.25, 0.3) is 0 Å². The van der Waals surface area contributed by atoms with Gasteiger partial charge < -0.3 is 14.8 Å². The molecule has 3 aromatic carbocycles. The molecule has 0 saturated heterocycles. The Morgan fingerprint density at radius 1 is 1.00 bits per heavy atom. The van der Waals surface area contributed by atoms with Crippen molar-refractivity contribution in [2.24, 2.45) is 0 Å². The van der Waals surface area contributed by atoms with Gasteiger partial charge in [0.05, 0.1) is 29.7 Å². The maximum atomic E-state index is 14.5. The topological polar surface area (TPSA) is 55.1 Å². The molecule has 0 radical (unpaired) electrons. The van der Waals surface area contributed by atoms with E-state index < -0.39 is 6.04 Å². The molecule has 5 aromatic rings. The minimum atomic E-state index is -0.527. The first kappa shape index (κ1) is 24.1. The summed E-state index contributed by atoms with van der Waals surface area (Å²) in [7, 11) is 0. The first-order valence-corrected chi connectivity index (χ1v) is 13.5. The number of carbonyl (C=O) groups is 1. The van der Waals surface area contributed by atoms with Gasteiger partial charge in [0.2, 0.25) is 0 Å². The van der Waals surface area contributed by atoms with E-state index in [9.17, 15) is 9.18 Å². The van der Waals surface area contributed by atoms with E-state index in [0.717, 1.165) is 33.4 Å². The highest BCUT2D eigenvalue weighted by Gasteiger charge is 2.36. The second-order valence-electron chi connectivity index (χ2n) is 9.19. The summed E-state index contributed by atoms with van der Waals surface area (Å²) in [6.07, 6.45) is 3.98. The van der Waals surface area contributed by atoms with Crippen LogP contribution in [0.15, 0.2) is 102 Å². The summed E-state index contributed by atoms with van der Waals surface area (Å²) in [6.45, 7) is 2.26. The van der Waals surface area contributed by atoms with Crippen LogP contribution in [0, 0.1) is 12.7 Å². The molecular weight excluding hydrogens is 497 g/mol. The molecule has 8 heteroatoms. The summed E-state index contributed by atoms with van der Waals surface area (Å²) in [4.78, 5) is 16.8. The molecule has 3 heterocycles. The van der Waals surface area contributed by atoms with Gasteiger partial charge in [-0.1, -0.05) is 36.4 Å². The van der Waals surface area contributed by atoms with E-state index in [1.54, 1.807) is 22.7 Å². The third-order valence-corrected chi connectivity index (χ3v) is 7.56. The Morgan fingerprint density at radius 3 is 2.61 bits per heavy atom. The number of nitrogens with one attached hydrogen (secondary N) is 1. The Labute approximate surface area is 224 Å². The van der Waals surface area contributed by atoms with Crippen molar-refractivity contribution in [1.82, 2.24) is 19.2 Å². The zero-order chi connectivity index (χ0) is 26.2. The summed E-state index contributed by atoms with van der Waals surface area (Å²) < 4.78 is 18.5. The summed E-state index contributed by atoms with van der Waals surface area (Å²) in [5.41, 5.74) is 4.92. The van der Waals surface area contributed by atoms with Crippen molar-refractivity contribution in [2.45, 2.75) is 24.4 Å². The first-order chi connectivity index (χ1) is 18.5. The highest BCUT2D eigenvalue weighted by atomic mass is 32.2. The lowest BCUT2D eigenvalue weighted by molar-refractivity contribution is 0.194. The molecule has 6 rings (SSSR count). The number of hydrogen-bond donors (Lipinski definition) is 1. The van der Waals surface area contributed by atoms with Gasteiger partial charge in [-0.15, -0.1) is 11.8 Å². The maximum Gasteiger partial charge on any atom is 0.322 e. The van der Waals surface area contributed by atoms with Crippen molar-refractivity contribution < 1.29 is 9.18 Å². The van der Waals surface area contributed by atoms with Crippen molar-refractivity contribution in [2.75, 3.05) is 11.6 Å². The number of anilines is 1. The molecule has 2 amide bonds. The molecule has 0 spiro atoms. The highest BCUT2D eigenvalue weighted by Crippen LogP contribution is 2.39. The Kier molecular flexibility index (Phi) is 6.25. The fourth-order valence-corrected chi connectivity index (χ4v) is 5.53. The largest absolute Gasteiger partial charge is 0.322 e. The lowest BCUT2D eigenvalue weighted by Gasteiger charge is -2.31. The van der Waals surface area contributed by atoms with E-state index in [1.807, 2.05) is 96.9 Å². The number of fused-ring (bicyclic) bond motifs is 3. The van der Waals surface area contributed by atoms with Crippen LogP contribution in [0.3, 0.4) is 0 Å². The van der Waals surface area contributed by atoms with Crippen LogP contribution >= 0.6 is 11.8 Å². The fourth-order valence-electron chi connectivity index (χ4n) is 5.07. The number of nitrogens with zero attached hydrogens (tertiary/aromatic N) is 4. The van der Waals surface area contributed by atoms with Gasteiger partial charge >= 0.3 is 6.03 Å². The second kappa shape index (κ2) is 9.87. The quantitative estimate of drug-likeness (QED) is 0.259. The zero-order valence-electron chi connectivity index (χ0n) is 21.0. The normalized spacial score (nSPS) is 14.5. The van der Waals surface area contributed by atoms with Crippen LogP contribution in [0.25, 0.3) is 11.5 Å². The number of halogens is 1. The molecule has 1 aliphatic heterocycles. The standard InChI is InChI=1S/C30H26FN5OS/c1-20-26-19-35(30(37)32-23-11-7-14-25(18-23)38-2)28(21-9-6-10-22(31)17-21)27-15-8-16-34(27)29(26)36(33-20)24-12-4-3-5-13-24/h3-18,28H,19H2,1-2H3,(H,32,37). The predicted octanol–water partition coefficient (Wildman–Crippen LogP) is 6.97. The second-order valence-corrected chi connectivity index (χ2v) is 10.1. The highest BCUT2D eigenvalue weighted by molar-refractivity contribution is 7.98. The van der Waals surface area contributed by atoms with E-state index in [4.69, 9.17) is 5.10 Å². The third-order valence-electron chi connectivity index (χ3n) is 6.83. The number of para-hydroxylation sites is 1. The lowest BCUT2D eigenvalue weighted by Crippen LogP contribution is -2.38. The number of hydrogen-bond acceptors (Lipinski definition) is 3. The number of benzene rings is 3. The van der Waals surface area contributed by atoms with Gasteiger partial charge in [-0.3, -0.25) is 0 Å². The number of urea groups is 1. The molecule has 1 unspecified atom stereocenters. The number of aryl methyl sites for hydroxylation is 1. The molecular formula is C30H26FN5OS. The average Bonchev–Trinajstić information content (AvgIpc) is 3.49. The van der Waals surface area contributed by atoms with Crippen LogP contribution in [0.4, 0.5) is 14.9 Å². The Hall–Kier alpha value is -4.30. The Balaban J connectivity index is 1.52. The van der Waals surface area contributed by atoms with Crippen LogP contribution in [-0.4, -0.2) is 31.5 Å². The minimum absolute atomic E-state index is 0.273. The smallest absolute Gasteiger partial charge is 0.308 e. The van der Waals surface area contributed by atoms with Crippen LogP contribution in [0.5, 0.6) is 0 Å². The molecule has 190 valence electrons. The Bertz CT molecular complexity index is 1630. The zero-order valence-corrected chi connectivity index (χ0v) is 21.8. The number of rotatable bonds is 4. The number of amides is 2. The summed E-state index contributed by atoms with van der Waals surface area (Å²) in [6, 6.07) is 27.3. The first-order valence-electron chi connectivity index (χ1n) is 12.3. The molecule has 0 aliphatic carbocycles. The van der Waals surface area contributed by atoms with Crippen molar-refractivity contribution in [3.63, 3.8) is 0 Å². The summed E-state index contributed by atoms with van der Waals surface area (Å²) in [5.74, 6) is 0.525. The molecule has 2 aromatic heterocycles. The van der Waals surface area contributed by atoms with Crippen LogP contribution in [0.2, 0.25) is 0 Å². The summed E-state index contributed by atoms with van der Waals surface area (Å²) >= 11 is 1.61. The van der Waals surface area contributed by atoms with Gasteiger partial charge in [-0.25, -0.2) is 13.9 Å². The van der Waals surface area contributed by atoms with Gasteiger partial charge in [0.1, 0.15) is 11.6 Å². The van der Waals surface area contributed by atoms with Crippen molar-refractivity contribution >= 4 is 23.5 Å². The summed E-state index contributed by atoms with van der Waals surface area (Å²) in [5, 5.41) is 7.95. The van der Waals surface area contributed by atoms with Crippen molar-refractivity contribution in [1.29, 1.82) is 0 Å². The fraction of sp³-hybridized carbons (Fsp3) is 0.133. The molecule has 0 fully saturated rings. The lowest BCUT2D eigenvalue weighted by atomic mass is 10.0. The van der Waals surface area contributed by atoms with Crippen molar-refractivity contribution in [3.8, 4) is 11.5 Å². The van der Waals surface area contributed by atoms with Gasteiger partial charge in [-0.05, 0) is 73.3 Å². The Morgan fingerprint density at radius 2 is 1.82 bits per heavy atom. The predicted molar refractivity (Wildman–Crippen MR) is 149 cm³/mol. The van der Waals surface area contributed by atoms with E-state index in [-0.39, 0.29) is 11.8 Å². The molecule has 6 nitrogen and oxygen atoms in total. The van der Waals surface area contributed by atoms with E-state index in [1.165, 1.54) is 12.1 Å². The maximum absolute atomic E-state index is 14.5. The van der Waals surface area contributed by atoms with Gasteiger partial charge in [0, 0.05) is 22.3 Å². The molecule has 0 saturated carbocycles. The van der Waals surface area contributed by atoms with E-state index >= 15 is 0 Å². The van der Waals surface area contributed by atoms with Crippen LogP contribution in [0.1, 0.15) is 28.6 Å². The van der Waals surface area contributed by atoms with E-state index in [2.05, 4.69) is 9.88 Å². The molecule has 1 aliphatic rings. The molecule has 0 bridgehead atoms. The third kappa shape index (κ3) is 4.26. The van der Waals surface area contributed by atoms with Gasteiger partial charge in [-0.2, -0.15) is 5.10 Å². The molecule has 1 atom stereocenters.